The standard InChI is InChI=1S/C37H47N9OS/c1-6-25-23-40-37(43-36(25)41-30-10-9-29-34(39-14-13-38-29)35(30)48-24(2)3)42-31-21-28(26-7-8-26)32(22-33(31)47-5)46-15-11-27(12-16-46)45-19-17-44(4)18-20-45/h6,9-10,13-14,21-24,26-27H,1,7-8,11-12,15-20H2,2-5H3,(H2,40,41,42,43). The molecule has 2 aromatic carbocycles. The van der Waals surface area contributed by atoms with Crippen LogP contribution in [-0.2, 0) is 0 Å². The molecule has 0 unspecified atom stereocenters. The molecule has 1 saturated carbocycles. The molecule has 48 heavy (non-hydrogen) atoms. The average molecular weight is 666 g/mol. The Hall–Kier alpha value is -3.93. The summed E-state index contributed by atoms with van der Waals surface area (Å²) in [5.41, 5.74) is 7.05. The van der Waals surface area contributed by atoms with Crippen LogP contribution in [0.15, 0.2) is 54.3 Å². The van der Waals surface area contributed by atoms with Gasteiger partial charge in [-0.25, -0.2) is 4.98 Å². The van der Waals surface area contributed by atoms with Gasteiger partial charge in [0.05, 0.1) is 28.9 Å². The number of thioether (sulfide) groups is 1. The van der Waals surface area contributed by atoms with Gasteiger partial charge in [-0.15, -0.1) is 11.8 Å². The number of hydrogen-bond donors (Lipinski definition) is 2. The zero-order valence-electron chi connectivity index (χ0n) is 28.6. The number of nitrogens with zero attached hydrogens (tertiary/aromatic N) is 7. The third kappa shape index (κ3) is 7.09. The number of rotatable bonds is 11. The zero-order chi connectivity index (χ0) is 33.2. The second kappa shape index (κ2) is 14.3. The number of piperazine rings is 1. The van der Waals surface area contributed by atoms with E-state index in [4.69, 9.17) is 9.72 Å². The highest BCUT2D eigenvalue weighted by atomic mass is 32.2. The van der Waals surface area contributed by atoms with E-state index in [1.54, 1.807) is 43.5 Å². The van der Waals surface area contributed by atoms with Gasteiger partial charge in [-0.1, -0.05) is 26.5 Å². The minimum Gasteiger partial charge on any atom is -0.494 e. The van der Waals surface area contributed by atoms with Crippen molar-refractivity contribution in [2.45, 2.75) is 61.6 Å². The molecule has 10 nitrogen and oxygen atoms in total. The summed E-state index contributed by atoms with van der Waals surface area (Å²) in [5, 5.41) is 7.44. The summed E-state index contributed by atoms with van der Waals surface area (Å²) >= 11 is 1.75. The minimum atomic E-state index is 0.360. The van der Waals surface area contributed by atoms with Crippen LogP contribution in [0, 0.1) is 0 Å². The highest BCUT2D eigenvalue weighted by Crippen LogP contribution is 2.48. The Morgan fingerprint density at radius 2 is 1.71 bits per heavy atom. The van der Waals surface area contributed by atoms with Crippen LogP contribution in [0.25, 0.3) is 17.1 Å². The number of benzene rings is 2. The van der Waals surface area contributed by atoms with E-state index >= 15 is 0 Å². The van der Waals surface area contributed by atoms with E-state index in [1.165, 1.54) is 63.1 Å². The monoisotopic (exact) mass is 665 g/mol. The highest BCUT2D eigenvalue weighted by Gasteiger charge is 2.32. The molecule has 0 radical (unpaired) electrons. The van der Waals surface area contributed by atoms with Crippen molar-refractivity contribution < 1.29 is 4.74 Å². The third-order valence-electron chi connectivity index (χ3n) is 9.71. The number of hydrogen-bond acceptors (Lipinski definition) is 11. The molecule has 0 atom stereocenters. The molecule has 7 rings (SSSR count). The Labute approximate surface area is 288 Å². The molecule has 11 heteroatoms. The average Bonchev–Trinajstić information content (AvgIpc) is 3.95. The smallest absolute Gasteiger partial charge is 0.229 e. The number of ether oxygens (including phenoxy) is 1. The number of fused-ring (bicyclic) bond motifs is 1. The summed E-state index contributed by atoms with van der Waals surface area (Å²) in [4.78, 5) is 27.6. The van der Waals surface area contributed by atoms with Gasteiger partial charge in [-0.05, 0) is 62.4 Å². The molecule has 4 heterocycles. The number of aromatic nitrogens is 4. The Bertz CT molecular complexity index is 1760. The summed E-state index contributed by atoms with van der Waals surface area (Å²) < 4.78 is 5.99. The summed E-state index contributed by atoms with van der Waals surface area (Å²) in [6.45, 7) is 15.2. The Balaban J connectivity index is 1.14. The number of piperidine rings is 1. The van der Waals surface area contributed by atoms with Gasteiger partial charge >= 0.3 is 0 Å². The van der Waals surface area contributed by atoms with E-state index in [9.17, 15) is 0 Å². The van der Waals surface area contributed by atoms with Gasteiger partial charge in [0, 0.05) is 86.5 Å². The molecule has 2 aromatic heterocycles. The van der Waals surface area contributed by atoms with Crippen molar-refractivity contribution in [3.8, 4) is 5.75 Å². The van der Waals surface area contributed by atoms with Crippen LogP contribution in [0.3, 0.4) is 0 Å². The van der Waals surface area contributed by atoms with Gasteiger partial charge in [-0.2, -0.15) is 4.98 Å². The molecule has 2 N–H and O–H groups in total. The van der Waals surface area contributed by atoms with Crippen molar-refractivity contribution >= 4 is 57.7 Å². The van der Waals surface area contributed by atoms with Gasteiger partial charge in [0.25, 0.3) is 0 Å². The highest BCUT2D eigenvalue weighted by molar-refractivity contribution is 8.00. The predicted octanol–water partition coefficient (Wildman–Crippen LogP) is 7.15. The van der Waals surface area contributed by atoms with E-state index in [2.05, 4.69) is 79.9 Å². The predicted molar refractivity (Wildman–Crippen MR) is 198 cm³/mol. The molecule has 1 aliphatic carbocycles. The largest absolute Gasteiger partial charge is 0.494 e. The SMILES string of the molecule is C=Cc1cnc(Nc2cc(C3CC3)c(N3CCC(N4CCN(C)CC4)CC3)cc2OC)nc1Nc1ccc2nccnc2c1SC(C)C. The van der Waals surface area contributed by atoms with Crippen molar-refractivity contribution in [3.63, 3.8) is 0 Å². The molecule has 0 bridgehead atoms. The molecular formula is C37H47N9OS. The number of nitrogens with one attached hydrogen (secondary N) is 2. The second-order valence-electron chi connectivity index (χ2n) is 13.4. The molecule has 3 aliphatic rings. The van der Waals surface area contributed by atoms with Crippen LogP contribution in [0.1, 0.15) is 56.6 Å². The van der Waals surface area contributed by atoms with Crippen LogP contribution < -0.4 is 20.3 Å². The fourth-order valence-electron chi connectivity index (χ4n) is 6.92. The van der Waals surface area contributed by atoms with E-state index in [0.717, 1.165) is 51.7 Å². The molecule has 2 saturated heterocycles. The number of likely N-dealkylation sites (N-methyl/N-ethyl adjacent to an activating group) is 1. The first-order valence-corrected chi connectivity index (χ1v) is 18.1. The summed E-state index contributed by atoms with van der Waals surface area (Å²) in [5.74, 6) is 2.53. The molecule has 2 aliphatic heterocycles. The molecule has 3 fully saturated rings. The van der Waals surface area contributed by atoms with Crippen LogP contribution in [0.2, 0.25) is 0 Å². The minimum absolute atomic E-state index is 0.360. The quantitative estimate of drug-likeness (QED) is 0.160. The van der Waals surface area contributed by atoms with Crippen molar-refractivity contribution in [1.29, 1.82) is 0 Å². The lowest BCUT2D eigenvalue weighted by Crippen LogP contribution is -2.52. The fraction of sp³-hybridized carbons (Fsp3) is 0.459. The van der Waals surface area contributed by atoms with Crippen molar-refractivity contribution in [2.75, 3.05) is 69.0 Å². The lowest BCUT2D eigenvalue weighted by atomic mass is 9.99. The first-order valence-electron chi connectivity index (χ1n) is 17.2. The van der Waals surface area contributed by atoms with Crippen LogP contribution in [-0.4, -0.2) is 94.5 Å². The lowest BCUT2D eigenvalue weighted by Gasteiger charge is -2.43. The normalized spacial score (nSPS) is 18.0. The first-order chi connectivity index (χ1) is 23.4. The Morgan fingerprint density at radius 3 is 2.42 bits per heavy atom. The molecule has 252 valence electrons. The van der Waals surface area contributed by atoms with Crippen molar-refractivity contribution in [1.82, 2.24) is 29.7 Å². The van der Waals surface area contributed by atoms with E-state index < -0.39 is 0 Å². The summed E-state index contributed by atoms with van der Waals surface area (Å²) in [7, 11) is 3.97. The zero-order valence-corrected chi connectivity index (χ0v) is 29.4. The van der Waals surface area contributed by atoms with Gasteiger partial charge in [0.1, 0.15) is 17.1 Å². The molecular weight excluding hydrogens is 619 g/mol. The van der Waals surface area contributed by atoms with E-state index in [-0.39, 0.29) is 0 Å². The number of methoxy groups -OCH3 is 1. The maximum atomic E-state index is 5.99. The Morgan fingerprint density at radius 1 is 0.938 bits per heavy atom. The van der Waals surface area contributed by atoms with Gasteiger partial charge in [-0.3, -0.25) is 14.9 Å². The maximum Gasteiger partial charge on any atom is 0.229 e. The van der Waals surface area contributed by atoms with Crippen LogP contribution in [0.4, 0.5) is 28.8 Å². The van der Waals surface area contributed by atoms with Crippen molar-refractivity contribution in [2.24, 2.45) is 0 Å². The maximum absolute atomic E-state index is 5.99. The lowest BCUT2D eigenvalue weighted by molar-refractivity contribution is 0.0982. The van der Waals surface area contributed by atoms with E-state index in [0.29, 0.717) is 29.0 Å². The fourth-order valence-corrected chi connectivity index (χ4v) is 7.91. The summed E-state index contributed by atoms with van der Waals surface area (Å²) in [6.07, 6.45) is 11.9. The molecule has 0 spiro atoms. The third-order valence-corrected chi connectivity index (χ3v) is 10.8. The first kappa shape index (κ1) is 32.6. The molecule has 0 amide bonds. The van der Waals surface area contributed by atoms with Gasteiger partial charge in [0.15, 0.2) is 0 Å². The Kier molecular flexibility index (Phi) is 9.70. The van der Waals surface area contributed by atoms with Crippen molar-refractivity contribution in [3.05, 3.63) is 60.6 Å². The topological polar surface area (TPSA) is 94.6 Å². The van der Waals surface area contributed by atoms with Gasteiger partial charge in [0.2, 0.25) is 5.95 Å². The number of anilines is 5. The van der Waals surface area contributed by atoms with E-state index in [1.807, 2.05) is 12.1 Å². The molecule has 4 aromatic rings. The second-order valence-corrected chi connectivity index (χ2v) is 15.0. The van der Waals surface area contributed by atoms with Gasteiger partial charge < -0.3 is 25.2 Å². The van der Waals surface area contributed by atoms with Crippen LogP contribution in [0.5, 0.6) is 5.75 Å². The summed E-state index contributed by atoms with van der Waals surface area (Å²) in [6, 6.07) is 9.22. The van der Waals surface area contributed by atoms with Crippen LogP contribution >= 0.6 is 11.8 Å².